The summed E-state index contributed by atoms with van der Waals surface area (Å²) in [5.41, 5.74) is 1.89. The van der Waals surface area contributed by atoms with Gasteiger partial charge in [-0.15, -0.1) is 23.5 Å². The maximum Gasteiger partial charge on any atom is 0.137 e. The van der Waals surface area contributed by atoms with Crippen LogP contribution in [0.1, 0.15) is 0 Å². The lowest BCUT2D eigenvalue weighted by Gasteiger charge is -2.09. The van der Waals surface area contributed by atoms with Crippen LogP contribution in [0.25, 0.3) is 0 Å². The zero-order valence-corrected chi connectivity index (χ0v) is 15.9. The summed E-state index contributed by atoms with van der Waals surface area (Å²) >= 11 is 13.3. The summed E-state index contributed by atoms with van der Waals surface area (Å²) in [7, 11) is 0. The highest BCUT2D eigenvalue weighted by atomic mass is 32.2. The van der Waals surface area contributed by atoms with Crippen LogP contribution < -0.4 is 15.4 Å². The van der Waals surface area contributed by atoms with Gasteiger partial charge in [-0.25, -0.2) is 0 Å². The fourth-order valence-electron chi connectivity index (χ4n) is 1.69. The van der Waals surface area contributed by atoms with E-state index in [0.717, 1.165) is 31.5 Å². The molecule has 0 spiro atoms. The zero-order valence-electron chi connectivity index (χ0n) is 12.7. The third kappa shape index (κ3) is 6.02. The number of nitrogens with one attached hydrogen (secondary N) is 2. The molecule has 0 aliphatic rings. The lowest BCUT2D eigenvalue weighted by molar-refractivity contribution is 0.483. The van der Waals surface area contributed by atoms with Crippen LogP contribution in [-0.2, 0) is 0 Å². The summed E-state index contributed by atoms with van der Waals surface area (Å²) in [5, 5.41) is 6.26. The molecular formula is C16H16N2OS4. The molecule has 2 aromatic carbocycles. The average molecular weight is 381 g/mol. The Balaban J connectivity index is 1.96. The van der Waals surface area contributed by atoms with Crippen LogP contribution in [0.5, 0.6) is 11.5 Å². The van der Waals surface area contributed by atoms with Crippen molar-refractivity contribution in [3.63, 3.8) is 0 Å². The predicted octanol–water partition coefficient (Wildman–Crippen LogP) is 5.60. The molecule has 23 heavy (non-hydrogen) atoms. The van der Waals surface area contributed by atoms with Crippen molar-refractivity contribution >= 4 is 68.0 Å². The lowest BCUT2D eigenvalue weighted by atomic mass is 10.3. The van der Waals surface area contributed by atoms with E-state index in [1.807, 2.05) is 61.0 Å². The molecule has 0 fully saturated rings. The van der Waals surface area contributed by atoms with E-state index in [0.29, 0.717) is 0 Å². The van der Waals surface area contributed by atoms with Crippen molar-refractivity contribution in [2.75, 3.05) is 23.1 Å². The first-order valence-corrected chi connectivity index (χ1v) is 9.95. The predicted molar refractivity (Wildman–Crippen MR) is 112 cm³/mol. The van der Waals surface area contributed by atoms with Crippen molar-refractivity contribution in [2.45, 2.75) is 0 Å². The first-order chi connectivity index (χ1) is 11.1. The smallest absolute Gasteiger partial charge is 0.137 e. The Hall–Kier alpha value is -1.28. The number of thioether (sulfide) groups is 2. The molecule has 3 nitrogen and oxygen atoms in total. The van der Waals surface area contributed by atoms with Gasteiger partial charge >= 0.3 is 0 Å². The number of anilines is 2. The van der Waals surface area contributed by atoms with Gasteiger partial charge in [0.2, 0.25) is 0 Å². The molecule has 120 valence electrons. The summed E-state index contributed by atoms with van der Waals surface area (Å²) in [4.78, 5) is 0. The second-order valence-corrected chi connectivity index (χ2v) is 7.35. The summed E-state index contributed by atoms with van der Waals surface area (Å²) < 4.78 is 7.30. The van der Waals surface area contributed by atoms with E-state index in [1.54, 1.807) is 0 Å². The topological polar surface area (TPSA) is 33.3 Å². The van der Waals surface area contributed by atoms with Crippen LogP contribution in [0.2, 0.25) is 0 Å². The molecule has 0 atom stereocenters. The van der Waals surface area contributed by atoms with Gasteiger partial charge in [-0.1, -0.05) is 24.4 Å². The average Bonchev–Trinajstić information content (AvgIpc) is 2.58. The molecule has 0 aliphatic carbocycles. The largest absolute Gasteiger partial charge is 0.457 e. The number of hydrogen-bond acceptors (Lipinski definition) is 5. The Bertz CT molecular complexity index is 612. The zero-order chi connectivity index (χ0) is 16.7. The van der Waals surface area contributed by atoms with Crippen LogP contribution in [-0.4, -0.2) is 21.2 Å². The third-order valence-electron chi connectivity index (χ3n) is 2.81. The van der Waals surface area contributed by atoms with E-state index in [2.05, 4.69) is 10.6 Å². The molecule has 0 amide bonds. The van der Waals surface area contributed by atoms with Gasteiger partial charge in [0, 0.05) is 11.4 Å². The number of thiocarbonyl (C=S) groups is 2. The summed E-state index contributed by atoms with van der Waals surface area (Å²) in [6.07, 6.45) is 3.88. The Labute approximate surface area is 155 Å². The molecule has 0 aromatic heterocycles. The van der Waals surface area contributed by atoms with Crippen LogP contribution >= 0.6 is 48.0 Å². The SMILES string of the molecule is CSC(=S)Nc1ccc(Oc2ccc(NC(=S)SC)cc2)cc1. The van der Waals surface area contributed by atoms with Gasteiger partial charge in [0.05, 0.1) is 0 Å². The molecule has 0 saturated carbocycles. The fraction of sp³-hybridized carbons (Fsp3) is 0.125. The minimum absolute atomic E-state index is 0.741. The minimum Gasteiger partial charge on any atom is -0.457 e. The van der Waals surface area contributed by atoms with Gasteiger partial charge in [0.25, 0.3) is 0 Å². The molecule has 2 aromatic rings. The van der Waals surface area contributed by atoms with Crippen molar-refractivity contribution in [2.24, 2.45) is 0 Å². The van der Waals surface area contributed by atoms with Gasteiger partial charge in [-0.3, -0.25) is 0 Å². The second kappa shape index (κ2) is 9.12. The molecule has 2 N–H and O–H groups in total. The maximum atomic E-state index is 5.82. The highest BCUT2D eigenvalue weighted by Crippen LogP contribution is 2.25. The summed E-state index contributed by atoms with van der Waals surface area (Å²) in [6, 6.07) is 15.4. The number of ether oxygens (including phenoxy) is 1. The molecular weight excluding hydrogens is 364 g/mol. The fourth-order valence-corrected chi connectivity index (χ4v) is 2.36. The molecule has 2 rings (SSSR count). The Kier molecular flexibility index (Phi) is 7.16. The quantitative estimate of drug-likeness (QED) is 0.668. The van der Waals surface area contributed by atoms with Crippen LogP contribution in [0.15, 0.2) is 48.5 Å². The lowest BCUT2D eigenvalue weighted by Crippen LogP contribution is -2.03. The molecule has 7 heteroatoms. The third-order valence-corrected chi connectivity index (χ3v) is 4.96. The van der Waals surface area contributed by atoms with Crippen molar-refractivity contribution in [3.05, 3.63) is 48.5 Å². The Morgan fingerprint density at radius 3 is 1.39 bits per heavy atom. The van der Waals surface area contributed by atoms with Gasteiger partial charge in [0.15, 0.2) is 0 Å². The number of rotatable bonds is 4. The molecule has 0 saturated heterocycles. The van der Waals surface area contributed by atoms with E-state index in [4.69, 9.17) is 29.2 Å². The second-order valence-electron chi connectivity index (χ2n) is 4.38. The molecule has 0 radical (unpaired) electrons. The van der Waals surface area contributed by atoms with Crippen LogP contribution in [0, 0.1) is 0 Å². The van der Waals surface area contributed by atoms with Gasteiger partial charge in [-0.2, -0.15) is 0 Å². The minimum atomic E-state index is 0.741. The number of hydrogen-bond donors (Lipinski definition) is 2. The Morgan fingerprint density at radius 1 is 0.739 bits per heavy atom. The van der Waals surface area contributed by atoms with E-state index in [1.165, 1.54) is 23.5 Å². The first kappa shape index (κ1) is 18.1. The van der Waals surface area contributed by atoms with Crippen molar-refractivity contribution in [3.8, 4) is 11.5 Å². The molecule has 0 aliphatic heterocycles. The van der Waals surface area contributed by atoms with Crippen molar-refractivity contribution in [1.82, 2.24) is 0 Å². The molecule has 0 unspecified atom stereocenters. The molecule has 0 bridgehead atoms. The van der Waals surface area contributed by atoms with Gasteiger partial charge < -0.3 is 15.4 Å². The Morgan fingerprint density at radius 2 is 1.09 bits per heavy atom. The van der Waals surface area contributed by atoms with Gasteiger partial charge in [0.1, 0.15) is 20.1 Å². The number of benzene rings is 2. The van der Waals surface area contributed by atoms with Crippen molar-refractivity contribution in [1.29, 1.82) is 0 Å². The highest BCUT2D eigenvalue weighted by molar-refractivity contribution is 8.23. The standard InChI is InChI=1S/C16H16N2OS4/c1-22-15(20)17-11-3-7-13(8-4-11)19-14-9-5-12(6-10-14)18-16(21)23-2/h3-10H,1-2H3,(H,17,20)(H,18,21). The summed E-state index contributed by atoms with van der Waals surface area (Å²) in [6.45, 7) is 0. The maximum absolute atomic E-state index is 5.82. The normalized spacial score (nSPS) is 10.0. The first-order valence-electron chi connectivity index (χ1n) is 6.68. The van der Waals surface area contributed by atoms with Gasteiger partial charge in [-0.05, 0) is 61.0 Å². The van der Waals surface area contributed by atoms with Crippen LogP contribution in [0.3, 0.4) is 0 Å². The highest BCUT2D eigenvalue weighted by Gasteiger charge is 2.01. The van der Waals surface area contributed by atoms with E-state index < -0.39 is 0 Å². The van der Waals surface area contributed by atoms with E-state index in [9.17, 15) is 0 Å². The monoisotopic (exact) mass is 380 g/mol. The van der Waals surface area contributed by atoms with Crippen molar-refractivity contribution < 1.29 is 4.74 Å². The van der Waals surface area contributed by atoms with Crippen LogP contribution in [0.4, 0.5) is 11.4 Å². The molecule has 0 heterocycles. The van der Waals surface area contributed by atoms with E-state index >= 15 is 0 Å². The van der Waals surface area contributed by atoms with E-state index in [-0.39, 0.29) is 0 Å². The summed E-state index contributed by atoms with van der Waals surface area (Å²) in [5.74, 6) is 1.54.